The number of rotatable bonds is 12. The van der Waals surface area contributed by atoms with Crippen LogP contribution in [0.15, 0.2) is 28.4 Å². The zero-order valence-corrected chi connectivity index (χ0v) is 20.3. The molecule has 32 heavy (non-hydrogen) atoms. The van der Waals surface area contributed by atoms with E-state index in [1.54, 1.807) is 7.11 Å². The highest BCUT2D eigenvalue weighted by atomic mass is 32.1. The summed E-state index contributed by atoms with van der Waals surface area (Å²) in [6.07, 6.45) is 3.63. The molecule has 1 unspecified atom stereocenters. The Bertz CT molecular complexity index is 966. The Kier molecular flexibility index (Phi) is 10.2. The van der Waals surface area contributed by atoms with Crippen LogP contribution in [0.5, 0.6) is 0 Å². The molecule has 8 nitrogen and oxygen atoms in total. The number of hydrogen-bond donors (Lipinski definition) is 1. The molecule has 172 valence electrons. The lowest BCUT2D eigenvalue weighted by molar-refractivity contribution is -0.114. The predicted molar refractivity (Wildman–Crippen MR) is 129 cm³/mol. The van der Waals surface area contributed by atoms with Crippen LogP contribution in [-0.2, 0) is 16.0 Å². The van der Waals surface area contributed by atoms with Gasteiger partial charge in [-0.1, -0.05) is 26.3 Å². The normalized spacial score (nSPS) is 12.0. The van der Waals surface area contributed by atoms with Gasteiger partial charge >= 0.3 is 0 Å². The molecular weight excluding hydrogens is 424 g/mol. The molecule has 2 rings (SSSR count). The number of anilines is 2. The molecule has 1 N–H and O–H groups in total. The standard InChI is InChI=1S/C23H32N6O2S/c1-6-8-13-29(16(3)7-2)21-11-9-10-20(25-17(4)30)22(21)26-27-23-18(15-24)19(28-32-23)12-14-31-5/h9-11,16H,6-8,12-14H2,1-5H3,(H,25,30). The van der Waals surface area contributed by atoms with Crippen molar-refractivity contribution >= 4 is 39.5 Å². The number of aromatic nitrogens is 1. The summed E-state index contributed by atoms with van der Waals surface area (Å²) < 4.78 is 9.45. The number of ether oxygens (including phenoxy) is 1. The molecule has 9 heteroatoms. The Labute approximate surface area is 194 Å². The number of azo groups is 1. The minimum absolute atomic E-state index is 0.181. The van der Waals surface area contributed by atoms with E-state index in [-0.39, 0.29) is 5.91 Å². The molecule has 0 saturated heterocycles. The molecule has 0 aliphatic rings. The molecule has 1 atom stereocenters. The molecule has 1 aromatic carbocycles. The molecule has 0 spiro atoms. The average Bonchev–Trinajstić information content (AvgIpc) is 3.18. The third-order valence-electron chi connectivity index (χ3n) is 5.15. The summed E-state index contributed by atoms with van der Waals surface area (Å²) in [5.74, 6) is -0.181. The van der Waals surface area contributed by atoms with E-state index < -0.39 is 0 Å². The van der Waals surface area contributed by atoms with Gasteiger partial charge in [0, 0.05) is 33.0 Å². The van der Waals surface area contributed by atoms with Crippen molar-refractivity contribution in [2.24, 2.45) is 10.2 Å². The number of carbonyl (C=O) groups excluding carboxylic acids is 1. The summed E-state index contributed by atoms with van der Waals surface area (Å²) in [4.78, 5) is 14.1. The second kappa shape index (κ2) is 12.9. The molecule has 0 saturated carbocycles. The molecule has 1 heterocycles. The van der Waals surface area contributed by atoms with Gasteiger partial charge in [0.1, 0.15) is 17.3 Å². The fourth-order valence-corrected chi connectivity index (χ4v) is 3.96. The van der Waals surface area contributed by atoms with Gasteiger partial charge in [0.2, 0.25) is 5.91 Å². The van der Waals surface area contributed by atoms with Gasteiger partial charge in [0.05, 0.1) is 23.7 Å². The third kappa shape index (κ3) is 6.58. The van der Waals surface area contributed by atoms with Crippen molar-refractivity contribution in [3.8, 4) is 6.07 Å². The summed E-state index contributed by atoms with van der Waals surface area (Å²) in [5, 5.41) is 21.9. The SMILES string of the molecule is CCCCN(c1cccc(NC(C)=O)c1N=Nc1snc(CCOC)c1C#N)C(C)CC. The highest BCUT2D eigenvalue weighted by Gasteiger charge is 2.20. The summed E-state index contributed by atoms with van der Waals surface area (Å²) in [6.45, 7) is 9.32. The van der Waals surface area contributed by atoms with Crippen molar-refractivity contribution in [3.05, 3.63) is 29.5 Å². The average molecular weight is 457 g/mol. The van der Waals surface area contributed by atoms with Crippen LogP contribution in [0.1, 0.15) is 58.2 Å². The van der Waals surface area contributed by atoms with Crippen LogP contribution in [0.2, 0.25) is 0 Å². The fourth-order valence-electron chi connectivity index (χ4n) is 3.24. The quantitative estimate of drug-likeness (QED) is 0.396. The van der Waals surface area contributed by atoms with Gasteiger partial charge in [-0.15, -0.1) is 10.2 Å². The maximum atomic E-state index is 11.8. The van der Waals surface area contributed by atoms with Gasteiger partial charge in [-0.3, -0.25) is 4.79 Å². The Morgan fingerprint density at radius 3 is 2.78 bits per heavy atom. The molecule has 0 bridgehead atoms. The number of methoxy groups -OCH3 is 1. The molecular formula is C23H32N6O2S. The smallest absolute Gasteiger partial charge is 0.221 e. The number of unbranched alkanes of at least 4 members (excludes halogenated alkanes) is 1. The van der Waals surface area contributed by atoms with Crippen LogP contribution < -0.4 is 10.2 Å². The van der Waals surface area contributed by atoms with Crippen LogP contribution in [0.4, 0.5) is 22.1 Å². The van der Waals surface area contributed by atoms with E-state index in [1.807, 2.05) is 18.2 Å². The second-order valence-corrected chi connectivity index (χ2v) is 8.27. The van der Waals surface area contributed by atoms with Crippen LogP contribution in [-0.4, -0.2) is 36.6 Å². The first kappa shape index (κ1) is 25.4. The van der Waals surface area contributed by atoms with Crippen molar-refractivity contribution < 1.29 is 9.53 Å². The van der Waals surface area contributed by atoms with Crippen LogP contribution >= 0.6 is 11.5 Å². The van der Waals surface area contributed by atoms with Crippen molar-refractivity contribution in [1.82, 2.24) is 4.37 Å². The van der Waals surface area contributed by atoms with E-state index in [2.05, 4.69) is 51.7 Å². The van der Waals surface area contributed by atoms with Gasteiger partial charge in [-0.2, -0.15) is 9.64 Å². The van der Waals surface area contributed by atoms with Gasteiger partial charge in [-0.05, 0) is 43.4 Å². The number of carbonyl (C=O) groups is 1. The maximum absolute atomic E-state index is 11.8. The Balaban J connectivity index is 2.54. The minimum atomic E-state index is -0.181. The van der Waals surface area contributed by atoms with Crippen LogP contribution in [0, 0.1) is 11.3 Å². The highest BCUT2D eigenvalue weighted by molar-refractivity contribution is 7.10. The van der Waals surface area contributed by atoms with Crippen molar-refractivity contribution in [1.29, 1.82) is 5.26 Å². The lowest BCUT2D eigenvalue weighted by Gasteiger charge is -2.32. The molecule has 0 aliphatic heterocycles. The first-order valence-electron chi connectivity index (χ1n) is 10.9. The van der Waals surface area contributed by atoms with E-state index in [0.29, 0.717) is 46.7 Å². The Hall–Kier alpha value is -2.83. The summed E-state index contributed by atoms with van der Waals surface area (Å²) >= 11 is 1.14. The number of nitriles is 1. The monoisotopic (exact) mass is 456 g/mol. The Morgan fingerprint density at radius 1 is 1.38 bits per heavy atom. The van der Waals surface area contributed by atoms with E-state index in [0.717, 1.165) is 43.0 Å². The molecule has 0 radical (unpaired) electrons. The summed E-state index contributed by atoms with van der Waals surface area (Å²) in [7, 11) is 1.61. The van der Waals surface area contributed by atoms with Crippen molar-refractivity contribution in [2.75, 3.05) is 30.5 Å². The van der Waals surface area contributed by atoms with E-state index >= 15 is 0 Å². The number of benzene rings is 1. The highest BCUT2D eigenvalue weighted by Crippen LogP contribution is 2.40. The zero-order valence-electron chi connectivity index (χ0n) is 19.5. The third-order valence-corrected chi connectivity index (χ3v) is 5.92. The fraction of sp³-hybridized carbons (Fsp3) is 0.522. The number of nitrogens with zero attached hydrogens (tertiary/aromatic N) is 5. The summed E-state index contributed by atoms with van der Waals surface area (Å²) in [5.41, 5.74) is 3.15. The maximum Gasteiger partial charge on any atom is 0.221 e. The molecule has 0 fully saturated rings. The molecule has 1 amide bonds. The van der Waals surface area contributed by atoms with Gasteiger partial charge in [0.25, 0.3) is 0 Å². The first-order chi connectivity index (χ1) is 15.5. The number of nitrogens with one attached hydrogen (secondary N) is 1. The van der Waals surface area contributed by atoms with Gasteiger partial charge in [-0.25, -0.2) is 0 Å². The largest absolute Gasteiger partial charge is 0.384 e. The first-order valence-corrected chi connectivity index (χ1v) is 11.7. The van der Waals surface area contributed by atoms with Crippen LogP contribution in [0.3, 0.4) is 0 Å². The zero-order chi connectivity index (χ0) is 23.5. The predicted octanol–water partition coefficient (Wildman–Crippen LogP) is 5.98. The number of amides is 1. The molecule has 2 aromatic rings. The molecule has 1 aromatic heterocycles. The topological polar surface area (TPSA) is 103 Å². The van der Waals surface area contributed by atoms with Crippen LogP contribution in [0.25, 0.3) is 0 Å². The lowest BCUT2D eigenvalue weighted by atomic mass is 10.1. The Morgan fingerprint density at radius 2 is 2.16 bits per heavy atom. The van der Waals surface area contributed by atoms with E-state index in [4.69, 9.17) is 4.74 Å². The number of hydrogen-bond acceptors (Lipinski definition) is 8. The summed E-state index contributed by atoms with van der Waals surface area (Å²) in [6, 6.07) is 8.21. The van der Waals surface area contributed by atoms with Gasteiger partial charge < -0.3 is 15.0 Å². The second-order valence-electron chi connectivity index (χ2n) is 7.52. The minimum Gasteiger partial charge on any atom is -0.384 e. The lowest BCUT2D eigenvalue weighted by Crippen LogP contribution is -2.33. The van der Waals surface area contributed by atoms with Gasteiger partial charge in [0.15, 0.2) is 5.00 Å². The van der Waals surface area contributed by atoms with Crippen molar-refractivity contribution in [2.45, 2.75) is 59.4 Å². The van der Waals surface area contributed by atoms with E-state index in [9.17, 15) is 10.1 Å². The van der Waals surface area contributed by atoms with E-state index in [1.165, 1.54) is 6.92 Å². The molecule has 0 aliphatic carbocycles. The van der Waals surface area contributed by atoms with Crippen molar-refractivity contribution in [3.63, 3.8) is 0 Å².